The zero-order valence-corrected chi connectivity index (χ0v) is 13.8. The van der Waals surface area contributed by atoms with Gasteiger partial charge in [-0.15, -0.1) is 0 Å². The summed E-state index contributed by atoms with van der Waals surface area (Å²) < 4.78 is 55.2. The molecule has 2 N–H and O–H groups in total. The molecule has 0 aliphatic heterocycles. The average Bonchev–Trinajstić information content (AvgIpc) is 2.61. The van der Waals surface area contributed by atoms with Crippen molar-refractivity contribution in [3.05, 3.63) is 30.3 Å². The molecule has 11 heteroatoms. The number of carbonyl (C=O) groups is 1. The van der Waals surface area contributed by atoms with Gasteiger partial charge in [0, 0.05) is 20.7 Å². The van der Waals surface area contributed by atoms with E-state index in [2.05, 4.69) is 20.3 Å². The number of aromatic nitrogens is 3. The van der Waals surface area contributed by atoms with Gasteiger partial charge in [0.1, 0.15) is 12.6 Å². The molecule has 0 aliphatic rings. The van der Waals surface area contributed by atoms with E-state index in [0.717, 1.165) is 6.20 Å². The number of nitrogens with one attached hydrogen (secondary N) is 2. The van der Waals surface area contributed by atoms with Gasteiger partial charge in [-0.05, 0) is 13.0 Å². The van der Waals surface area contributed by atoms with Crippen LogP contribution in [-0.2, 0) is 4.79 Å². The topological polar surface area (TPSA) is 89.0 Å². The van der Waals surface area contributed by atoms with Gasteiger partial charge < -0.3 is 15.4 Å². The fourth-order valence-corrected chi connectivity index (χ4v) is 1.85. The highest BCUT2D eigenvalue weighted by Crippen LogP contribution is 2.20. The van der Waals surface area contributed by atoms with Crippen LogP contribution < -0.4 is 15.4 Å². The fraction of sp³-hybridized carbons (Fsp3) is 0.333. The van der Waals surface area contributed by atoms with E-state index in [9.17, 15) is 22.4 Å². The summed E-state index contributed by atoms with van der Waals surface area (Å²) in [5.74, 6) is -1.64. The highest BCUT2D eigenvalue weighted by atomic mass is 19.4. The standard InChI is InChI=1S/C15H15F4N5O2.2H2/c1-8(14(25)22-7-15(17,18)19)23-13-10(16)6-21-12(24-13)9-3-4-11(26-2)20-5-9;;/h3-6,8H,7H2,1-2H3,(H,22,25)(H,21,23,24);2*1H/t8-;;/m1../s1. The van der Waals surface area contributed by atoms with Gasteiger partial charge >= 0.3 is 6.18 Å². The van der Waals surface area contributed by atoms with E-state index < -0.39 is 30.5 Å². The highest BCUT2D eigenvalue weighted by Gasteiger charge is 2.29. The number of rotatable bonds is 6. The summed E-state index contributed by atoms with van der Waals surface area (Å²) in [6, 6.07) is 2.01. The number of nitrogens with zero attached hydrogens (tertiary/aromatic N) is 3. The fourth-order valence-electron chi connectivity index (χ4n) is 1.85. The second kappa shape index (κ2) is 7.93. The van der Waals surface area contributed by atoms with Crippen LogP contribution in [0.15, 0.2) is 24.5 Å². The van der Waals surface area contributed by atoms with Crippen LogP contribution in [0.4, 0.5) is 23.4 Å². The zero-order chi connectivity index (χ0) is 19.3. The van der Waals surface area contributed by atoms with Crippen LogP contribution in [0.25, 0.3) is 11.4 Å². The maximum Gasteiger partial charge on any atom is 0.405 e. The highest BCUT2D eigenvalue weighted by molar-refractivity contribution is 5.84. The van der Waals surface area contributed by atoms with Crippen LogP contribution in [0.5, 0.6) is 5.88 Å². The van der Waals surface area contributed by atoms with Gasteiger partial charge in [0.2, 0.25) is 11.8 Å². The molecule has 0 fully saturated rings. The van der Waals surface area contributed by atoms with Crippen LogP contribution in [-0.4, -0.2) is 46.7 Å². The monoisotopic (exact) mass is 377 g/mol. The van der Waals surface area contributed by atoms with E-state index in [1.807, 2.05) is 0 Å². The molecule has 0 saturated carbocycles. The molecule has 2 aromatic rings. The number of pyridine rings is 1. The maximum atomic E-state index is 13.9. The summed E-state index contributed by atoms with van der Waals surface area (Å²) in [4.78, 5) is 23.4. The number of hydrogen-bond acceptors (Lipinski definition) is 6. The second-order valence-corrected chi connectivity index (χ2v) is 5.18. The van der Waals surface area contributed by atoms with Crippen molar-refractivity contribution in [2.24, 2.45) is 0 Å². The molecule has 2 heterocycles. The van der Waals surface area contributed by atoms with Crippen molar-refractivity contribution in [3.8, 4) is 17.3 Å². The minimum Gasteiger partial charge on any atom is -0.481 e. The molecule has 0 spiro atoms. The Morgan fingerprint density at radius 3 is 2.62 bits per heavy atom. The van der Waals surface area contributed by atoms with E-state index >= 15 is 0 Å². The number of anilines is 1. The van der Waals surface area contributed by atoms with E-state index in [0.29, 0.717) is 11.4 Å². The van der Waals surface area contributed by atoms with Gasteiger partial charge in [-0.3, -0.25) is 4.79 Å². The first-order valence-corrected chi connectivity index (χ1v) is 7.33. The number of carbonyl (C=O) groups excluding carboxylic acids is 1. The quantitative estimate of drug-likeness (QED) is 0.753. The van der Waals surface area contributed by atoms with Crippen LogP contribution in [0.2, 0.25) is 0 Å². The van der Waals surface area contributed by atoms with Crippen LogP contribution in [0.3, 0.4) is 0 Å². The number of halogens is 4. The summed E-state index contributed by atoms with van der Waals surface area (Å²) >= 11 is 0. The molecule has 0 aliphatic carbocycles. The third-order valence-electron chi connectivity index (χ3n) is 3.16. The van der Waals surface area contributed by atoms with Crippen LogP contribution >= 0.6 is 0 Å². The van der Waals surface area contributed by atoms with Crippen molar-refractivity contribution in [3.63, 3.8) is 0 Å². The smallest absolute Gasteiger partial charge is 0.405 e. The molecule has 0 bridgehead atoms. The van der Waals surface area contributed by atoms with E-state index in [1.54, 1.807) is 17.4 Å². The Kier molecular flexibility index (Phi) is 5.90. The molecule has 0 radical (unpaired) electrons. The Hall–Kier alpha value is -2.98. The summed E-state index contributed by atoms with van der Waals surface area (Å²) in [6.45, 7) is -0.200. The molecular formula is C15H19F4N5O2. The molecule has 26 heavy (non-hydrogen) atoms. The van der Waals surface area contributed by atoms with E-state index in [-0.39, 0.29) is 14.5 Å². The van der Waals surface area contributed by atoms with Gasteiger partial charge in [0.25, 0.3) is 0 Å². The van der Waals surface area contributed by atoms with Gasteiger partial charge in [-0.25, -0.2) is 19.3 Å². The SMILES string of the molecule is COc1ccc(-c2ncc(F)c(N[C@H](C)C(=O)NCC(F)(F)F)n2)cn1.[HH].[HH]. The first-order valence-electron chi connectivity index (χ1n) is 7.33. The Labute approximate surface area is 148 Å². The Bertz CT molecular complexity index is 778. The van der Waals surface area contributed by atoms with Crippen molar-refractivity contribution in [2.75, 3.05) is 19.0 Å². The molecule has 0 aromatic carbocycles. The Morgan fingerprint density at radius 2 is 2.04 bits per heavy atom. The Morgan fingerprint density at radius 1 is 1.31 bits per heavy atom. The van der Waals surface area contributed by atoms with Crippen molar-refractivity contribution in [2.45, 2.75) is 19.1 Å². The van der Waals surface area contributed by atoms with Crippen molar-refractivity contribution in [1.29, 1.82) is 0 Å². The van der Waals surface area contributed by atoms with Crippen molar-refractivity contribution < 1.29 is 29.9 Å². The van der Waals surface area contributed by atoms with E-state index in [1.165, 1.54) is 20.2 Å². The summed E-state index contributed by atoms with van der Waals surface area (Å²) in [7, 11) is 1.45. The lowest BCUT2D eigenvalue weighted by atomic mass is 10.2. The molecule has 0 unspecified atom stereocenters. The van der Waals surface area contributed by atoms with Crippen LogP contribution in [0, 0.1) is 5.82 Å². The van der Waals surface area contributed by atoms with E-state index in [4.69, 9.17) is 4.74 Å². The molecule has 2 aromatic heterocycles. The predicted molar refractivity (Wildman–Crippen MR) is 88.2 cm³/mol. The first kappa shape index (κ1) is 19.3. The number of ether oxygens (including phenoxy) is 1. The van der Waals surface area contributed by atoms with Crippen LogP contribution in [0.1, 0.15) is 9.78 Å². The number of amides is 1. The molecule has 1 atom stereocenters. The summed E-state index contributed by atoms with van der Waals surface area (Å²) in [6.07, 6.45) is -2.24. The van der Waals surface area contributed by atoms with Gasteiger partial charge in [-0.2, -0.15) is 13.2 Å². The molecule has 7 nitrogen and oxygen atoms in total. The predicted octanol–water partition coefficient (Wildman–Crippen LogP) is 2.66. The lowest BCUT2D eigenvalue weighted by Gasteiger charge is -2.16. The van der Waals surface area contributed by atoms with Gasteiger partial charge in [0.15, 0.2) is 17.5 Å². The summed E-state index contributed by atoms with van der Waals surface area (Å²) in [5.41, 5.74) is 0.461. The molecule has 2 rings (SSSR count). The third kappa shape index (κ3) is 5.26. The van der Waals surface area contributed by atoms with Gasteiger partial charge in [0.05, 0.1) is 13.3 Å². The minimum atomic E-state index is -4.54. The first-order chi connectivity index (χ1) is 12.2. The molecule has 0 saturated heterocycles. The number of hydrogen-bond donors (Lipinski definition) is 2. The second-order valence-electron chi connectivity index (χ2n) is 5.18. The lowest BCUT2D eigenvalue weighted by Crippen LogP contribution is -2.42. The largest absolute Gasteiger partial charge is 0.481 e. The normalized spacial score (nSPS) is 12.4. The third-order valence-corrected chi connectivity index (χ3v) is 3.16. The lowest BCUT2D eigenvalue weighted by molar-refractivity contribution is -0.138. The Balaban J connectivity index is 0.00000364. The molecule has 1 amide bonds. The molecule has 144 valence electrons. The average molecular weight is 377 g/mol. The van der Waals surface area contributed by atoms with Crippen molar-refractivity contribution in [1.82, 2.24) is 20.3 Å². The minimum absolute atomic E-state index is 0. The molecular weight excluding hydrogens is 358 g/mol. The maximum absolute atomic E-state index is 13.9. The van der Waals surface area contributed by atoms with Gasteiger partial charge in [-0.1, -0.05) is 0 Å². The van der Waals surface area contributed by atoms with Crippen molar-refractivity contribution >= 4 is 11.7 Å². The summed E-state index contributed by atoms with van der Waals surface area (Å²) in [5, 5.41) is 4.13. The number of methoxy groups -OCH3 is 1. The number of alkyl halides is 3. The zero-order valence-electron chi connectivity index (χ0n) is 13.8.